The predicted octanol–water partition coefficient (Wildman–Crippen LogP) is 7.67. The van der Waals surface area contributed by atoms with Crippen molar-refractivity contribution in [2.45, 2.75) is 67.2 Å². The number of hydrogen-bond acceptors (Lipinski definition) is 6. The molecule has 10 heteroatoms. The van der Waals surface area contributed by atoms with Crippen LogP contribution < -0.4 is 0 Å². The van der Waals surface area contributed by atoms with E-state index in [2.05, 4.69) is 20.2 Å². The Hall–Kier alpha value is -5.38. The molecule has 4 aromatic heterocycles. The van der Waals surface area contributed by atoms with E-state index in [1.807, 2.05) is 104 Å². The van der Waals surface area contributed by atoms with E-state index in [1.54, 1.807) is 16.6 Å². The summed E-state index contributed by atoms with van der Waals surface area (Å²) in [5, 5.41) is 27.9. The zero-order valence-electron chi connectivity index (χ0n) is 27.3. The molecule has 236 valence electrons. The largest absolute Gasteiger partial charge is 0.477 e. The van der Waals surface area contributed by atoms with Gasteiger partial charge in [-0.1, -0.05) is 87.4 Å². The Morgan fingerprint density at radius 1 is 0.630 bits per heavy atom. The molecule has 6 aromatic rings. The summed E-state index contributed by atoms with van der Waals surface area (Å²) in [5.41, 5.74) is 10.7. The molecule has 0 spiro atoms. The van der Waals surface area contributed by atoms with Crippen molar-refractivity contribution < 1.29 is 19.8 Å². The van der Waals surface area contributed by atoms with Gasteiger partial charge in [0.2, 0.25) is 0 Å². The number of benzene rings is 2. The first-order valence-electron chi connectivity index (χ1n) is 15.2. The van der Waals surface area contributed by atoms with Crippen molar-refractivity contribution in [2.75, 3.05) is 0 Å². The highest BCUT2D eigenvalue weighted by Gasteiger charge is 2.22. The number of aromatic carboxylic acids is 2. The average Bonchev–Trinajstić information content (AvgIpc) is 3.52. The molecule has 0 atom stereocenters. The van der Waals surface area contributed by atoms with Crippen LogP contribution in [0.2, 0.25) is 0 Å². The normalized spacial score (nSPS) is 11.3. The molecule has 46 heavy (non-hydrogen) atoms. The van der Waals surface area contributed by atoms with Crippen molar-refractivity contribution in [3.8, 4) is 22.3 Å². The molecule has 10 nitrogen and oxygen atoms in total. The van der Waals surface area contributed by atoms with E-state index in [4.69, 9.17) is 0 Å². The van der Waals surface area contributed by atoms with Gasteiger partial charge in [-0.3, -0.25) is 0 Å². The predicted molar refractivity (Wildman–Crippen MR) is 178 cm³/mol. The maximum atomic E-state index is 11.6. The number of nitrogens with zero attached hydrogens (tertiary/aromatic N) is 6. The molecular formula is C36H38N6O4. The van der Waals surface area contributed by atoms with Crippen LogP contribution >= 0.6 is 0 Å². The zero-order chi connectivity index (χ0) is 33.4. The van der Waals surface area contributed by atoms with Crippen molar-refractivity contribution in [1.29, 1.82) is 0 Å². The third-order valence-electron chi connectivity index (χ3n) is 7.88. The van der Waals surface area contributed by atoms with Gasteiger partial charge in [0.1, 0.15) is 0 Å². The number of carboxylic acid groups (broad SMARTS) is 2. The molecule has 0 aliphatic heterocycles. The molecule has 0 bridgehead atoms. The highest BCUT2D eigenvalue weighted by Crippen LogP contribution is 2.31. The molecule has 2 N–H and O–H groups in total. The van der Waals surface area contributed by atoms with E-state index in [9.17, 15) is 19.8 Å². The number of fused-ring (bicyclic) bond motifs is 2. The van der Waals surface area contributed by atoms with Crippen molar-refractivity contribution in [3.63, 3.8) is 0 Å². The van der Waals surface area contributed by atoms with E-state index < -0.39 is 11.9 Å². The molecule has 6 rings (SSSR count). The summed E-state index contributed by atoms with van der Waals surface area (Å²) >= 11 is 0. The van der Waals surface area contributed by atoms with Crippen LogP contribution in [0.3, 0.4) is 0 Å². The molecule has 0 aliphatic carbocycles. The topological polar surface area (TPSA) is 135 Å². The van der Waals surface area contributed by atoms with Crippen LogP contribution in [-0.2, 0) is 0 Å². The smallest absolute Gasteiger partial charge is 0.354 e. The molecule has 2 aromatic carbocycles. The second-order valence-corrected chi connectivity index (χ2v) is 12.2. The molecule has 0 unspecified atom stereocenters. The van der Waals surface area contributed by atoms with Crippen LogP contribution in [0.1, 0.15) is 94.4 Å². The maximum Gasteiger partial charge on any atom is 0.354 e. The van der Waals surface area contributed by atoms with Crippen LogP contribution in [0.5, 0.6) is 0 Å². The number of aromatic nitrogens is 6. The Bertz CT molecular complexity index is 2040. The fourth-order valence-electron chi connectivity index (χ4n) is 5.37. The lowest BCUT2D eigenvalue weighted by Crippen LogP contribution is -2.10. The van der Waals surface area contributed by atoms with Gasteiger partial charge >= 0.3 is 11.9 Å². The van der Waals surface area contributed by atoms with Crippen LogP contribution in [0.15, 0.2) is 60.7 Å². The summed E-state index contributed by atoms with van der Waals surface area (Å²) in [6.07, 6.45) is 0. The van der Waals surface area contributed by atoms with E-state index >= 15 is 0 Å². The second-order valence-electron chi connectivity index (χ2n) is 12.2. The fraction of sp³-hybridized carbons (Fsp3) is 0.278. The van der Waals surface area contributed by atoms with Gasteiger partial charge in [0.25, 0.3) is 0 Å². The lowest BCUT2D eigenvalue weighted by Gasteiger charge is -2.09. The van der Waals surface area contributed by atoms with Crippen molar-refractivity contribution >= 4 is 23.2 Å². The van der Waals surface area contributed by atoms with Crippen molar-refractivity contribution in [2.24, 2.45) is 0 Å². The number of hydrogen-bond donors (Lipinski definition) is 2. The number of rotatable bonds is 6. The fourth-order valence-corrected chi connectivity index (χ4v) is 5.37. The van der Waals surface area contributed by atoms with E-state index in [0.717, 1.165) is 45.0 Å². The average molecular weight is 619 g/mol. The Morgan fingerprint density at radius 3 is 1.54 bits per heavy atom. The van der Waals surface area contributed by atoms with Gasteiger partial charge < -0.3 is 10.2 Å². The van der Waals surface area contributed by atoms with Crippen LogP contribution in [0.25, 0.3) is 33.5 Å². The Kier molecular flexibility index (Phi) is 8.74. The van der Waals surface area contributed by atoms with E-state index in [0.29, 0.717) is 11.3 Å². The minimum atomic E-state index is -1.02. The van der Waals surface area contributed by atoms with Gasteiger partial charge in [-0.2, -0.15) is 10.2 Å². The summed E-state index contributed by atoms with van der Waals surface area (Å²) in [7, 11) is 0. The Labute approximate surface area is 267 Å². The SMILES string of the molecule is Cc1ccc(-c2c(C)nn3c(C(=O)O)cc(C(C)C)nc23)cc1.Cc1ccc(-c2c(C)nn3c(C(C)C)cc(C(=O)O)nc23)cc1. The van der Waals surface area contributed by atoms with Crippen molar-refractivity contribution in [3.05, 3.63) is 106 Å². The first-order chi connectivity index (χ1) is 21.8. The zero-order valence-corrected chi connectivity index (χ0v) is 27.3. The molecule has 0 fully saturated rings. The van der Waals surface area contributed by atoms with Gasteiger partial charge in [-0.25, -0.2) is 28.6 Å². The molecule has 4 heterocycles. The Morgan fingerprint density at radius 2 is 1.11 bits per heavy atom. The van der Waals surface area contributed by atoms with Gasteiger partial charge in [0.05, 0.1) is 11.4 Å². The summed E-state index contributed by atoms with van der Waals surface area (Å²) in [6.45, 7) is 15.9. The minimum absolute atomic E-state index is 0.0504. The highest BCUT2D eigenvalue weighted by molar-refractivity contribution is 5.89. The summed E-state index contributed by atoms with van der Waals surface area (Å²) < 4.78 is 3.19. The summed E-state index contributed by atoms with van der Waals surface area (Å²) in [5.74, 6) is -1.75. The van der Waals surface area contributed by atoms with E-state index in [-0.39, 0.29) is 23.2 Å². The van der Waals surface area contributed by atoms with Crippen LogP contribution in [-0.4, -0.2) is 51.3 Å². The Balaban J connectivity index is 0.000000181. The van der Waals surface area contributed by atoms with Gasteiger partial charge in [0, 0.05) is 22.5 Å². The molecule has 0 saturated carbocycles. The van der Waals surface area contributed by atoms with Crippen LogP contribution in [0, 0.1) is 27.7 Å². The van der Waals surface area contributed by atoms with Gasteiger partial charge in [-0.05, 0) is 62.8 Å². The lowest BCUT2D eigenvalue weighted by atomic mass is 10.0. The maximum absolute atomic E-state index is 11.6. The number of carboxylic acids is 2. The number of aryl methyl sites for hydroxylation is 4. The quantitative estimate of drug-likeness (QED) is 0.194. The van der Waals surface area contributed by atoms with Gasteiger partial charge in [-0.15, -0.1) is 0 Å². The highest BCUT2D eigenvalue weighted by atomic mass is 16.4. The second kappa shape index (κ2) is 12.5. The van der Waals surface area contributed by atoms with Gasteiger partial charge in [0.15, 0.2) is 22.7 Å². The third-order valence-corrected chi connectivity index (χ3v) is 7.88. The van der Waals surface area contributed by atoms with E-state index in [1.165, 1.54) is 15.6 Å². The first kappa shape index (κ1) is 32.0. The summed E-state index contributed by atoms with van der Waals surface area (Å²) in [4.78, 5) is 32.0. The van der Waals surface area contributed by atoms with Crippen LogP contribution in [0.4, 0.5) is 0 Å². The molecular weight excluding hydrogens is 580 g/mol. The molecule has 0 amide bonds. The summed E-state index contributed by atoms with van der Waals surface area (Å²) in [6, 6.07) is 19.4. The lowest BCUT2D eigenvalue weighted by molar-refractivity contribution is 0.0678. The third kappa shape index (κ3) is 6.10. The van der Waals surface area contributed by atoms with Crippen molar-refractivity contribution in [1.82, 2.24) is 29.2 Å². The minimum Gasteiger partial charge on any atom is -0.477 e. The first-order valence-corrected chi connectivity index (χ1v) is 15.2. The monoisotopic (exact) mass is 618 g/mol. The molecule has 0 radical (unpaired) electrons. The number of carbonyl (C=O) groups is 2. The molecule has 0 saturated heterocycles. The molecule has 0 aliphatic rings. The standard InChI is InChI=1S/2C18H19N3O2/c1-10(2)15-9-14(18(22)23)19-17-16(12(4)20-21(15)17)13-7-5-11(3)6-8-13;1-10(2)14-9-15(18(22)23)21-17(19-14)16(12(4)20-21)13-7-5-11(3)6-8-13/h2*5-10H,1-4H3,(H,22,23).